The third-order valence-corrected chi connectivity index (χ3v) is 4.63. The Morgan fingerprint density at radius 2 is 1.70 bits per heavy atom. The van der Waals surface area contributed by atoms with Crippen LogP contribution in [0, 0.1) is 17.7 Å². The van der Waals surface area contributed by atoms with Gasteiger partial charge in [0.1, 0.15) is 5.82 Å². The molecule has 1 nitrogen and oxygen atoms in total. The van der Waals surface area contributed by atoms with Crippen molar-refractivity contribution >= 4 is 0 Å². The van der Waals surface area contributed by atoms with Gasteiger partial charge in [0.2, 0.25) is 0 Å². The third kappa shape index (κ3) is 6.38. The van der Waals surface area contributed by atoms with Gasteiger partial charge in [0.15, 0.2) is 0 Å². The van der Waals surface area contributed by atoms with E-state index in [9.17, 15) is 13.2 Å². The molecule has 0 amide bonds. The van der Waals surface area contributed by atoms with Crippen molar-refractivity contribution in [2.24, 2.45) is 11.8 Å². The first-order valence-corrected chi connectivity index (χ1v) is 8.35. The molecule has 1 aliphatic rings. The Morgan fingerprint density at radius 1 is 1.09 bits per heavy atom. The lowest BCUT2D eigenvalue weighted by Gasteiger charge is -2.30. The van der Waals surface area contributed by atoms with Gasteiger partial charge in [-0.3, -0.25) is 0 Å². The van der Waals surface area contributed by atoms with Crippen LogP contribution >= 0.6 is 0 Å². The van der Waals surface area contributed by atoms with Crippen LogP contribution in [0.15, 0.2) is 36.9 Å². The third-order valence-electron chi connectivity index (χ3n) is 4.63. The predicted molar refractivity (Wildman–Crippen MR) is 85.6 cm³/mol. The maximum atomic E-state index is 14.0. The van der Waals surface area contributed by atoms with Gasteiger partial charge in [0, 0.05) is 6.42 Å². The summed E-state index contributed by atoms with van der Waals surface area (Å²) >= 11 is 0. The minimum atomic E-state index is -3.12. The molecule has 0 aromatic heterocycles. The van der Waals surface area contributed by atoms with Gasteiger partial charge in [0.25, 0.3) is 0 Å². The highest BCUT2D eigenvalue weighted by Crippen LogP contribution is 2.38. The zero-order valence-electron chi connectivity index (χ0n) is 13.4. The number of hydrogen-bond donors (Lipinski definition) is 0. The summed E-state index contributed by atoms with van der Waals surface area (Å²) in [7, 11) is 0. The molecule has 0 unspecified atom stereocenters. The van der Waals surface area contributed by atoms with Gasteiger partial charge in [-0.25, -0.2) is 4.39 Å². The Balaban J connectivity index is 1.73. The maximum Gasteiger partial charge on any atom is 0.356 e. The van der Waals surface area contributed by atoms with Crippen molar-refractivity contribution in [3.05, 3.63) is 48.3 Å². The molecular weight excluding hydrogens is 301 g/mol. The molecular formula is C19H25F3O. The summed E-state index contributed by atoms with van der Waals surface area (Å²) in [5, 5.41) is 0. The first kappa shape index (κ1) is 18.1. The van der Waals surface area contributed by atoms with Crippen molar-refractivity contribution < 1.29 is 17.9 Å². The summed E-state index contributed by atoms with van der Waals surface area (Å²) < 4.78 is 45.5. The number of rotatable bonds is 8. The van der Waals surface area contributed by atoms with E-state index < -0.39 is 6.11 Å². The van der Waals surface area contributed by atoms with Crippen LogP contribution in [0.3, 0.4) is 0 Å². The Bertz CT molecular complexity index is 476. The molecule has 0 bridgehead atoms. The molecule has 1 aromatic carbocycles. The molecule has 128 valence electrons. The Morgan fingerprint density at radius 3 is 2.30 bits per heavy atom. The van der Waals surface area contributed by atoms with Gasteiger partial charge >= 0.3 is 6.11 Å². The first-order valence-electron chi connectivity index (χ1n) is 8.35. The fourth-order valence-corrected chi connectivity index (χ4v) is 3.24. The molecule has 1 aliphatic carbocycles. The number of benzene rings is 1. The molecule has 0 atom stereocenters. The molecule has 2 rings (SSSR count). The summed E-state index contributed by atoms with van der Waals surface area (Å²) in [6.45, 7) is 3.53. The van der Waals surface area contributed by atoms with E-state index in [0.717, 1.165) is 38.5 Å². The average Bonchev–Trinajstić information content (AvgIpc) is 2.53. The minimum Gasteiger partial charge on any atom is -0.316 e. The van der Waals surface area contributed by atoms with Gasteiger partial charge in [-0.2, -0.15) is 8.78 Å². The molecule has 1 aromatic rings. The Kier molecular flexibility index (Phi) is 6.70. The summed E-state index contributed by atoms with van der Waals surface area (Å²) in [5.74, 6) is 0.296. The molecule has 0 aliphatic heterocycles. The molecule has 0 radical (unpaired) electrons. The van der Waals surface area contributed by atoms with E-state index in [0.29, 0.717) is 11.5 Å². The molecule has 0 saturated heterocycles. The number of ether oxygens (including phenoxy) is 1. The van der Waals surface area contributed by atoms with E-state index in [1.54, 1.807) is 0 Å². The van der Waals surface area contributed by atoms with Crippen LogP contribution in [0.4, 0.5) is 13.2 Å². The Hall–Kier alpha value is -1.29. The van der Waals surface area contributed by atoms with Crippen molar-refractivity contribution in [1.82, 2.24) is 0 Å². The van der Waals surface area contributed by atoms with Crippen molar-refractivity contribution in [3.8, 4) is 0 Å². The summed E-state index contributed by atoms with van der Waals surface area (Å²) in [6.07, 6.45) is 4.44. The second-order valence-electron chi connectivity index (χ2n) is 6.51. The van der Waals surface area contributed by atoms with Gasteiger partial charge in [-0.1, -0.05) is 31.1 Å². The second-order valence-corrected chi connectivity index (χ2v) is 6.51. The lowest BCUT2D eigenvalue weighted by molar-refractivity contribution is -0.256. The van der Waals surface area contributed by atoms with Gasteiger partial charge in [-0.05, 0) is 55.2 Å². The van der Waals surface area contributed by atoms with Crippen molar-refractivity contribution in [2.45, 2.75) is 57.7 Å². The van der Waals surface area contributed by atoms with E-state index in [4.69, 9.17) is 4.74 Å². The molecule has 0 spiro atoms. The highest BCUT2D eigenvalue weighted by molar-refractivity contribution is 5.15. The molecule has 1 saturated carbocycles. The fraction of sp³-hybridized carbons (Fsp3) is 0.579. The quantitative estimate of drug-likeness (QED) is 0.525. The van der Waals surface area contributed by atoms with Crippen LogP contribution in [0.2, 0.25) is 0 Å². The molecule has 23 heavy (non-hydrogen) atoms. The zero-order valence-corrected chi connectivity index (χ0v) is 13.4. The van der Waals surface area contributed by atoms with Crippen LogP contribution in [0.5, 0.6) is 0 Å². The van der Waals surface area contributed by atoms with E-state index in [2.05, 4.69) is 6.58 Å². The smallest absolute Gasteiger partial charge is 0.316 e. The normalized spacial score (nSPS) is 22.0. The second kappa shape index (κ2) is 8.53. The first-order chi connectivity index (χ1) is 11.0. The van der Waals surface area contributed by atoms with Crippen molar-refractivity contribution in [1.29, 1.82) is 0 Å². The SMILES string of the molecule is C=CCC[C@H]1CC[C@H](CC(F)(F)OCc2ccc(F)cc2)CC1. The number of alkyl halides is 2. The highest BCUT2D eigenvalue weighted by Gasteiger charge is 2.35. The topological polar surface area (TPSA) is 9.23 Å². The predicted octanol–water partition coefficient (Wildman–Crippen LogP) is 6.10. The summed E-state index contributed by atoms with van der Waals surface area (Å²) in [6, 6.07) is 5.44. The largest absolute Gasteiger partial charge is 0.356 e. The van der Waals surface area contributed by atoms with Crippen molar-refractivity contribution in [3.63, 3.8) is 0 Å². The fourth-order valence-electron chi connectivity index (χ4n) is 3.24. The van der Waals surface area contributed by atoms with Gasteiger partial charge in [0.05, 0.1) is 6.61 Å². The van der Waals surface area contributed by atoms with Gasteiger partial charge in [-0.15, -0.1) is 6.58 Å². The summed E-state index contributed by atoms with van der Waals surface area (Å²) in [4.78, 5) is 0. The molecule has 0 heterocycles. The van der Waals surface area contributed by atoms with Crippen LogP contribution in [-0.4, -0.2) is 6.11 Å². The van der Waals surface area contributed by atoms with Crippen LogP contribution in [0.1, 0.15) is 50.5 Å². The average molecular weight is 326 g/mol. The molecule has 0 N–H and O–H groups in total. The van der Waals surface area contributed by atoms with E-state index >= 15 is 0 Å². The lowest BCUT2D eigenvalue weighted by atomic mass is 9.78. The van der Waals surface area contributed by atoms with Crippen LogP contribution in [-0.2, 0) is 11.3 Å². The number of hydrogen-bond acceptors (Lipinski definition) is 1. The standard InChI is InChI=1S/C19H25F3O/c1-2-3-4-15-5-7-16(8-6-15)13-19(21,22)23-14-17-9-11-18(20)12-10-17/h2,9-12,15-16H,1,3-8,13-14H2/t15-,16-. The van der Waals surface area contributed by atoms with E-state index in [1.807, 2.05) is 6.08 Å². The molecule has 1 fully saturated rings. The van der Waals surface area contributed by atoms with Gasteiger partial charge < -0.3 is 4.74 Å². The zero-order chi connectivity index (χ0) is 16.7. The minimum absolute atomic E-state index is 0.0261. The summed E-state index contributed by atoms with van der Waals surface area (Å²) in [5.41, 5.74) is 0.555. The maximum absolute atomic E-state index is 14.0. The van der Waals surface area contributed by atoms with Crippen LogP contribution in [0.25, 0.3) is 0 Å². The number of halogens is 3. The lowest BCUT2D eigenvalue weighted by Crippen LogP contribution is -2.27. The monoisotopic (exact) mass is 326 g/mol. The Labute approximate surface area is 136 Å². The molecule has 4 heteroatoms. The van der Waals surface area contributed by atoms with Crippen molar-refractivity contribution in [2.75, 3.05) is 0 Å². The van der Waals surface area contributed by atoms with E-state index in [-0.39, 0.29) is 24.8 Å². The number of allylic oxidation sites excluding steroid dienone is 1. The highest BCUT2D eigenvalue weighted by atomic mass is 19.3. The van der Waals surface area contributed by atoms with E-state index in [1.165, 1.54) is 24.3 Å². The van der Waals surface area contributed by atoms with Crippen LogP contribution < -0.4 is 0 Å².